The van der Waals surface area contributed by atoms with E-state index in [-0.39, 0.29) is 0 Å². The summed E-state index contributed by atoms with van der Waals surface area (Å²) in [5.74, 6) is 1.18. The largest absolute Gasteiger partial charge is 0.491 e. The van der Waals surface area contributed by atoms with E-state index in [9.17, 15) is 0 Å². The molecule has 1 aliphatic rings. The summed E-state index contributed by atoms with van der Waals surface area (Å²) in [5, 5.41) is 17.3. The fourth-order valence-corrected chi connectivity index (χ4v) is 2.24. The van der Waals surface area contributed by atoms with E-state index in [2.05, 4.69) is 23.3 Å². The second-order valence-electron chi connectivity index (χ2n) is 4.94. The van der Waals surface area contributed by atoms with Gasteiger partial charge in [0.15, 0.2) is 5.69 Å². The number of hydrogen-bond donors (Lipinski definition) is 0. The summed E-state index contributed by atoms with van der Waals surface area (Å²) in [6.45, 7) is 2.73. The maximum Gasteiger partial charge on any atom is 0.186 e. The van der Waals surface area contributed by atoms with Crippen LogP contribution in [0, 0.1) is 11.3 Å². The van der Waals surface area contributed by atoms with Gasteiger partial charge in [-0.15, -0.1) is 5.10 Å². The summed E-state index contributed by atoms with van der Waals surface area (Å²) < 4.78 is 7.53. The van der Waals surface area contributed by atoms with Crippen LogP contribution in [0.3, 0.4) is 0 Å². The number of nitriles is 1. The maximum atomic E-state index is 9.17. The molecule has 0 atom stereocenters. The molecule has 1 heterocycles. The highest BCUT2D eigenvalue weighted by Gasteiger charge is 2.32. The van der Waals surface area contributed by atoms with Crippen molar-refractivity contribution in [2.75, 3.05) is 6.61 Å². The first-order valence-electron chi connectivity index (χ1n) is 6.93. The van der Waals surface area contributed by atoms with Crippen LogP contribution in [0.1, 0.15) is 43.5 Å². The first-order chi connectivity index (χ1) is 9.85. The Morgan fingerprint density at radius 2 is 2.20 bits per heavy atom. The quantitative estimate of drug-likeness (QED) is 0.836. The molecule has 20 heavy (non-hydrogen) atoms. The third kappa shape index (κ3) is 2.25. The third-order valence-corrected chi connectivity index (χ3v) is 3.33. The van der Waals surface area contributed by atoms with Crippen molar-refractivity contribution in [2.45, 2.75) is 32.1 Å². The van der Waals surface area contributed by atoms with Gasteiger partial charge >= 0.3 is 0 Å². The Hall–Kier alpha value is -2.35. The van der Waals surface area contributed by atoms with E-state index in [4.69, 9.17) is 10.00 Å². The standard InChI is InChI=1S/C15H16N4O/c1-2-9-20-14-6-4-3-5-13(14)19-15(11-7-8-11)12(10-16)17-18-19/h3-6,11H,2,7-9H2,1H3. The van der Waals surface area contributed by atoms with Gasteiger partial charge in [0, 0.05) is 5.92 Å². The van der Waals surface area contributed by atoms with Crippen molar-refractivity contribution in [3.05, 3.63) is 35.7 Å². The summed E-state index contributed by atoms with van der Waals surface area (Å²) in [4.78, 5) is 0. The molecule has 0 saturated heterocycles. The number of nitrogens with zero attached hydrogens (tertiary/aromatic N) is 4. The van der Waals surface area contributed by atoms with E-state index >= 15 is 0 Å². The molecular weight excluding hydrogens is 252 g/mol. The Morgan fingerprint density at radius 1 is 1.40 bits per heavy atom. The van der Waals surface area contributed by atoms with Crippen molar-refractivity contribution in [1.29, 1.82) is 5.26 Å². The van der Waals surface area contributed by atoms with Crippen LogP contribution in [0.25, 0.3) is 5.69 Å². The van der Waals surface area contributed by atoms with Gasteiger partial charge in [0.1, 0.15) is 17.5 Å². The predicted molar refractivity (Wildman–Crippen MR) is 73.8 cm³/mol. The molecular formula is C15H16N4O. The van der Waals surface area contributed by atoms with Crippen molar-refractivity contribution in [2.24, 2.45) is 0 Å². The fourth-order valence-electron chi connectivity index (χ4n) is 2.24. The highest BCUT2D eigenvalue weighted by atomic mass is 16.5. The van der Waals surface area contributed by atoms with Crippen LogP contribution in [-0.4, -0.2) is 21.6 Å². The van der Waals surface area contributed by atoms with E-state index in [0.29, 0.717) is 18.2 Å². The molecule has 0 bridgehead atoms. The number of benzene rings is 1. The van der Waals surface area contributed by atoms with E-state index in [1.165, 1.54) is 0 Å². The molecule has 5 heteroatoms. The SMILES string of the molecule is CCCOc1ccccc1-n1nnc(C#N)c1C1CC1. The van der Waals surface area contributed by atoms with Crippen LogP contribution < -0.4 is 4.74 Å². The molecule has 3 rings (SSSR count). The van der Waals surface area contributed by atoms with Gasteiger partial charge in [0.25, 0.3) is 0 Å². The predicted octanol–water partition coefficient (Wildman–Crippen LogP) is 2.81. The van der Waals surface area contributed by atoms with Crippen molar-refractivity contribution in [3.63, 3.8) is 0 Å². The number of para-hydroxylation sites is 2. The monoisotopic (exact) mass is 268 g/mol. The second-order valence-corrected chi connectivity index (χ2v) is 4.94. The molecule has 0 aliphatic heterocycles. The first-order valence-corrected chi connectivity index (χ1v) is 6.93. The molecule has 5 nitrogen and oxygen atoms in total. The van der Waals surface area contributed by atoms with E-state index in [1.807, 2.05) is 24.3 Å². The molecule has 2 aromatic rings. The maximum absolute atomic E-state index is 9.17. The van der Waals surface area contributed by atoms with Gasteiger partial charge in [-0.3, -0.25) is 0 Å². The Morgan fingerprint density at radius 3 is 2.90 bits per heavy atom. The minimum absolute atomic E-state index is 0.402. The topological polar surface area (TPSA) is 63.7 Å². The average molecular weight is 268 g/mol. The number of aromatic nitrogens is 3. The smallest absolute Gasteiger partial charge is 0.186 e. The highest BCUT2D eigenvalue weighted by Crippen LogP contribution is 2.42. The van der Waals surface area contributed by atoms with Crippen LogP contribution in [0.4, 0.5) is 0 Å². The molecule has 1 aliphatic carbocycles. The zero-order valence-corrected chi connectivity index (χ0v) is 11.4. The van der Waals surface area contributed by atoms with Gasteiger partial charge in [-0.1, -0.05) is 24.3 Å². The van der Waals surface area contributed by atoms with Gasteiger partial charge in [0.05, 0.1) is 12.3 Å². The molecule has 1 saturated carbocycles. The summed E-state index contributed by atoms with van der Waals surface area (Å²) >= 11 is 0. The lowest BCUT2D eigenvalue weighted by atomic mass is 10.2. The third-order valence-electron chi connectivity index (χ3n) is 3.33. The zero-order valence-electron chi connectivity index (χ0n) is 11.4. The van der Waals surface area contributed by atoms with Gasteiger partial charge in [-0.05, 0) is 31.4 Å². The second kappa shape index (κ2) is 5.33. The lowest BCUT2D eigenvalue weighted by Crippen LogP contribution is -2.06. The Kier molecular flexibility index (Phi) is 3.38. The molecule has 0 unspecified atom stereocenters. The van der Waals surface area contributed by atoms with Crippen LogP contribution in [0.15, 0.2) is 24.3 Å². The summed E-state index contributed by atoms with van der Waals surface area (Å²) in [7, 11) is 0. The van der Waals surface area contributed by atoms with E-state index in [0.717, 1.165) is 36.4 Å². The molecule has 1 aromatic carbocycles. The van der Waals surface area contributed by atoms with Gasteiger partial charge in [0.2, 0.25) is 0 Å². The molecule has 0 N–H and O–H groups in total. The minimum Gasteiger partial charge on any atom is -0.491 e. The molecule has 0 radical (unpaired) electrons. The van der Waals surface area contributed by atoms with E-state index < -0.39 is 0 Å². The van der Waals surface area contributed by atoms with Crippen LogP contribution >= 0.6 is 0 Å². The molecule has 0 amide bonds. The molecule has 1 fully saturated rings. The molecule has 1 aromatic heterocycles. The highest BCUT2D eigenvalue weighted by molar-refractivity contribution is 5.49. The molecule has 102 valence electrons. The van der Waals surface area contributed by atoms with Crippen LogP contribution in [-0.2, 0) is 0 Å². The van der Waals surface area contributed by atoms with Gasteiger partial charge in [-0.2, -0.15) is 5.26 Å². The zero-order chi connectivity index (χ0) is 13.9. The first kappa shape index (κ1) is 12.7. The van der Waals surface area contributed by atoms with Crippen molar-refractivity contribution in [1.82, 2.24) is 15.0 Å². The lowest BCUT2D eigenvalue weighted by Gasteiger charge is -2.12. The van der Waals surface area contributed by atoms with Crippen LogP contribution in [0.2, 0.25) is 0 Å². The van der Waals surface area contributed by atoms with Crippen molar-refractivity contribution >= 4 is 0 Å². The molecule has 0 spiro atoms. The summed E-state index contributed by atoms with van der Waals surface area (Å²) in [5.41, 5.74) is 2.20. The van der Waals surface area contributed by atoms with Gasteiger partial charge in [-0.25, -0.2) is 4.68 Å². The Labute approximate surface area is 117 Å². The number of rotatable bonds is 5. The van der Waals surface area contributed by atoms with Gasteiger partial charge < -0.3 is 4.74 Å². The fraction of sp³-hybridized carbons (Fsp3) is 0.400. The average Bonchev–Trinajstić information content (AvgIpc) is 3.24. The Balaban J connectivity index is 2.05. The lowest BCUT2D eigenvalue weighted by molar-refractivity contribution is 0.315. The summed E-state index contributed by atoms with van der Waals surface area (Å²) in [6.07, 6.45) is 3.14. The minimum atomic E-state index is 0.402. The normalized spacial score (nSPS) is 14.0. The van der Waals surface area contributed by atoms with E-state index in [1.54, 1.807) is 4.68 Å². The number of ether oxygens (including phenoxy) is 1. The Bertz CT molecular complexity index is 652. The van der Waals surface area contributed by atoms with Crippen molar-refractivity contribution in [3.8, 4) is 17.5 Å². The van der Waals surface area contributed by atoms with Crippen LogP contribution in [0.5, 0.6) is 5.75 Å². The summed E-state index contributed by atoms with van der Waals surface area (Å²) in [6, 6.07) is 9.89. The number of hydrogen-bond acceptors (Lipinski definition) is 4. The van der Waals surface area contributed by atoms with Crippen molar-refractivity contribution < 1.29 is 4.74 Å².